The molecule has 0 saturated heterocycles. The molecule has 1 heterocycles. The minimum absolute atomic E-state index is 0.0169. The molecule has 0 saturated carbocycles. The summed E-state index contributed by atoms with van der Waals surface area (Å²) in [5.74, 6) is 2.67. The molecule has 1 unspecified atom stereocenters. The van der Waals surface area contributed by atoms with Crippen LogP contribution in [0.5, 0.6) is 0 Å². The lowest BCUT2D eigenvalue weighted by atomic mass is 10.1. The van der Waals surface area contributed by atoms with Crippen molar-refractivity contribution in [3.63, 3.8) is 0 Å². The molecule has 2 aromatic rings. The Kier molecular flexibility index (Phi) is 3.91. The normalized spacial score (nSPS) is 12.1. The van der Waals surface area contributed by atoms with Crippen molar-refractivity contribution in [1.29, 1.82) is 0 Å². The Hall–Kier alpha value is -2.21. The molecule has 0 aliphatic rings. The number of aromatic nitrogens is 1. The van der Waals surface area contributed by atoms with Gasteiger partial charge in [-0.05, 0) is 12.5 Å². The number of fused-ring (bicyclic) bond motifs is 1. The number of nitrogens with zero attached hydrogens (tertiary/aromatic N) is 1. The van der Waals surface area contributed by atoms with Crippen LogP contribution in [0, 0.1) is 12.3 Å². The van der Waals surface area contributed by atoms with Crippen LogP contribution in [0.25, 0.3) is 10.9 Å². The van der Waals surface area contributed by atoms with Gasteiger partial charge in [0.15, 0.2) is 0 Å². The number of hydrogen-bond acceptors (Lipinski definition) is 2. The van der Waals surface area contributed by atoms with Gasteiger partial charge in [-0.3, -0.25) is 4.79 Å². The van der Waals surface area contributed by atoms with Gasteiger partial charge in [0.1, 0.15) is 0 Å². The molecule has 1 aromatic carbocycles. The fourth-order valence-electron chi connectivity index (χ4n) is 2.19. The quantitative estimate of drug-likeness (QED) is 0.851. The maximum absolute atomic E-state index is 12.0. The number of para-hydroxylation sites is 1. The average Bonchev–Trinajstić information content (AvgIpc) is 2.44. The number of terminal acetylenes is 1. The zero-order valence-corrected chi connectivity index (χ0v) is 11.3. The molecule has 0 amide bonds. The Morgan fingerprint density at radius 1 is 1.42 bits per heavy atom. The van der Waals surface area contributed by atoms with E-state index in [1.165, 1.54) is 0 Å². The maximum Gasteiger partial charge on any atom is 0.252 e. The van der Waals surface area contributed by atoms with E-state index in [0.29, 0.717) is 6.42 Å². The lowest BCUT2D eigenvalue weighted by molar-refractivity contribution is 0.716. The molecule has 0 aliphatic heterocycles. The van der Waals surface area contributed by atoms with Gasteiger partial charge in [-0.2, -0.15) is 0 Å². The first-order valence-corrected chi connectivity index (χ1v) is 6.46. The highest BCUT2D eigenvalue weighted by molar-refractivity contribution is 5.91. The minimum Gasteiger partial charge on any atom is -0.381 e. The highest BCUT2D eigenvalue weighted by atomic mass is 16.1. The molecule has 3 heteroatoms. The standard InChI is InChI=1S/C16H18N2O/c1-4-8-12(5-2)17-14-11-16(19)18(3)15-10-7-6-9-13(14)15/h1,6-7,9-12,17H,5,8H2,2-3H3. The molecule has 0 radical (unpaired) electrons. The molecule has 0 bridgehead atoms. The predicted octanol–water partition coefficient (Wildman–Crippen LogP) is 2.75. The van der Waals surface area contributed by atoms with Crippen LogP contribution < -0.4 is 10.9 Å². The van der Waals surface area contributed by atoms with Crippen molar-refractivity contribution < 1.29 is 0 Å². The topological polar surface area (TPSA) is 34.0 Å². The lowest BCUT2D eigenvalue weighted by Crippen LogP contribution is -2.22. The Morgan fingerprint density at radius 3 is 2.84 bits per heavy atom. The Labute approximate surface area is 113 Å². The van der Waals surface area contributed by atoms with Gasteiger partial charge in [-0.15, -0.1) is 12.3 Å². The smallest absolute Gasteiger partial charge is 0.252 e. The van der Waals surface area contributed by atoms with E-state index in [4.69, 9.17) is 6.42 Å². The molecule has 19 heavy (non-hydrogen) atoms. The predicted molar refractivity (Wildman–Crippen MR) is 80.3 cm³/mol. The van der Waals surface area contributed by atoms with Crippen molar-refractivity contribution in [1.82, 2.24) is 4.57 Å². The molecular formula is C16H18N2O. The number of aryl methyl sites for hydroxylation is 1. The molecule has 3 nitrogen and oxygen atoms in total. The molecule has 2 rings (SSSR count). The van der Waals surface area contributed by atoms with Crippen LogP contribution in [0.2, 0.25) is 0 Å². The zero-order chi connectivity index (χ0) is 13.8. The first-order valence-electron chi connectivity index (χ1n) is 6.46. The molecule has 98 valence electrons. The van der Waals surface area contributed by atoms with Crippen molar-refractivity contribution in [3.8, 4) is 12.3 Å². The van der Waals surface area contributed by atoms with E-state index in [2.05, 4.69) is 18.2 Å². The third kappa shape index (κ3) is 2.63. The largest absolute Gasteiger partial charge is 0.381 e. The maximum atomic E-state index is 12.0. The number of anilines is 1. The molecule has 0 spiro atoms. The van der Waals surface area contributed by atoms with Crippen LogP contribution in [0.1, 0.15) is 19.8 Å². The van der Waals surface area contributed by atoms with Crippen molar-refractivity contribution in [2.75, 3.05) is 5.32 Å². The van der Waals surface area contributed by atoms with Crippen LogP contribution in [0.15, 0.2) is 35.1 Å². The molecule has 1 aromatic heterocycles. The fourth-order valence-corrected chi connectivity index (χ4v) is 2.19. The lowest BCUT2D eigenvalue weighted by Gasteiger charge is -2.18. The van der Waals surface area contributed by atoms with E-state index in [-0.39, 0.29) is 11.6 Å². The average molecular weight is 254 g/mol. The summed E-state index contributed by atoms with van der Waals surface area (Å²) in [6.45, 7) is 2.08. The summed E-state index contributed by atoms with van der Waals surface area (Å²) >= 11 is 0. The van der Waals surface area contributed by atoms with Crippen LogP contribution in [-0.2, 0) is 7.05 Å². The van der Waals surface area contributed by atoms with Gasteiger partial charge in [0.05, 0.1) is 5.52 Å². The van der Waals surface area contributed by atoms with E-state index in [9.17, 15) is 4.79 Å². The number of pyridine rings is 1. The van der Waals surface area contributed by atoms with E-state index in [1.54, 1.807) is 17.7 Å². The molecule has 0 aliphatic carbocycles. The van der Waals surface area contributed by atoms with E-state index >= 15 is 0 Å². The summed E-state index contributed by atoms with van der Waals surface area (Å²) in [6.07, 6.45) is 6.95. The summed E-state index contributed by atoms with van der Waals surface area (Å²) in [5, 5.41) is 4.43. The van der Waals surface area contributed by atoms with Crippen LogP contribution in [0.3, 0.4) is 0 Å². The zero-order valence-electron chi connectivity index (χ0n) is 11.3. The summed E-state index contributed by atoms with van der Waals surface area (Å²) in [6, 6.07) is 9.70. The molecule has 1 atom stereocenters. The van der Waals surface area contributed by atoms with Gasteiger partial charge in [-0.1, -0.05) is 25.1 Å². The van der Waals surface area contributed by atoms with Crippen LogP contribution in [0.4, 0.5) is 5.69 Å². The third-order valence-corrected chi connectivity index (χ3v) is 3.37. The summed E-state index contributed by atoms with van der Waals surface area (Å²) < 4.78 is 1.66. The van der Waals surface area contributed by atoms with E-state index in [0.717, 1.165) is 23.0 Å². The van der Waals surface area contributed by atoms with Crippen molar-refractivity contribution in [2.24, 2.45) is 7.05 Å². The Morgan fingerprint density at radius 2 is 2.16 bits per heavy atom. The first kappa shape index (κ1) is 13.2. The SMILES string of the molecule is C#CCC(CC)Nc1cc(=O)n(C)c2ccccc12. The molecule has 1 N–H and O–H groups in total. The summed E-state index contributed by atoms with van der Waals surface area (Å²) in [7, 11) is 1.78. The van der Waals surface area contributed by atoms with E-state index in [1.807, 2.05) is 24.3 Å². The van der Waals surface area contributed by atoms with Gasteiger partial charge in [0.2, 0.25) is 0 Å². The summed E-state index contributed by atoms with van der Waals surface area (Å²) in [4.78, 5) is 12.0. The van der Waals surface area contributed by atoms with Gasteiger partial charge < -0.3 is 9.88 Å². The van der Waals surface area contributed by atoms with Gasteiger partial charge in [0, 0.05) is 36.7 Å². The highest BCUT2D eigenvalue weighted by Gasteiger charge is 2.09. The fraction of sp³-hybridized carbons (Fsp3) is 0.312. The second kappa shape index (κ2) is 5.62. The van der Waals surface area contributed by atoms with Crippen LogP contribution >= 0.6 is 0 Å². The highest BCUT2D eigenvalue weighted by Crippen LogP contribution is 2.22. The monoisotopic (exact) mass is 254 g/mol. The third-order valence-electron chi connectivity index (χ3n) is 3.37. The van der Waals surface area contributed by atoms with E-state index < -0.39 is 0 Å². The first-order chi connectivity index (χ1) is 9.17. The van der Waals surface area contributed by atoms with Gasteiger partial charge in [0.25, 0.3) is 5.56 Å². The van der Waals surface area contributed by atoms with Crippen molar-refractivity contribution in [3.05, 3.63) is 40.7 Å². The number of benzene rings is 1. The Balaban J connectivity index is 2.52. The second-order valence-corrected chi connectivity index (χ2v) is 4.63. The molecular weight excluding hydrogens is 236 g/mol. The van der Waals surface area contributed by atoms with Gasteiger partial charge >= 0.3 is 0 Å². The number of rotatable bonds is 4. The van der Waals surface area contributed by atoms with Gasteiger partial charge in [-0.25, -0.2) is 0 Å². The second-order valence-electron chi connectivity index (χ2n) is 4.63. The van der Waals surface area contributed by atoms with Crippen molar-refractivity contribution >= 4 is 16.6 Å². The summed E-state index contributed by atoms with van der Waals surface area (Å²) in [5.41, 5.74) is 1.77. The number of hydrogen-bond donors (Lipinski definition) is 1. The number of nitrogens with one attached hydrogen (secondary N) is 1. The molecule has 0 fully saturated rings. The minimum atomic E-state index is -0.0169. The van der Waals surface area contributed by atoms with Crippen LogP contribution in [-0.4, -0.2) is 10.6 Å². The van der Waals surface area contributed by atoms with Crippen molar-refractivity contribution in [2.45, 2.75) is 25.8 Å². The Bertz CT molecular complexity index is 679.